The van der Waals surface area contributed by atoms with Crippen molar-refractivity contribution in [2.75, 3.05) is 18.5 Å². The highest BCUT2D eigenvalue weighted by Crippen LogP contribution is 2.33. The van der Waals surface area contributed by atoms with Crippen LogP contribution >= 0.6 is 11.3 Å². The van der Waals surface area contributed by atoms with Crippen LogP contribution in [0.15, 0.2) is 0 Å². The first-order valence-corrected chi connectivity index (χ1v) is 7.54. The highest BCUT2D eigenvalue weighted by molar-refractivity contribution is 7.17. The molecule has 0 bridgehead atoms. The molecule has 0 spiro atoms. The number of unbranched alkanes of at least 4 members (excludes halogenated alkanes) is 2. The first kappa shape index (κ1) is 16.0. The lowest BCUT2D eigenvalue weighted by Crippen LogP contribution is -2.19. The summed E-state index contributed by atoms with van der Waals surface area (Å²) in [5.41, 5.74) is 0.439. The van der Waals surface area contributed by atoms with Gasteiger partial charge in [0.25, 0.3) is 0 Å². The first-order valence-electron chi connectivity index (χ1n) is 6.73. The Morgan fingerprint density at radius 1 is 1.37 bits per heavy atom. The Hall–Kier alpha value is -1.10. The largest absolute Gasteiger partial charge is 0.477 e. The van der Waals surface area contributed by atoms with E-state index in [-0.39, 0.29) is 5.41 Å². The summed E-state index contributed by atoms with van der Waals surface area (Å²) in [5.74, 6) is -0.879. The zero-order valence-electron chi connectivity index (χ0n) is 12.5. The molecule has 19 heavy (non-hydrogen) atoms. The molecule has 108 valence electrons. The van der Waals surface area contributed by atoms with Gasteiger partial charge >= 0.3 is 5.97 Å². The molecule has 1 heterocycles. The van der Waals surface area contributed by atoms with Crippen molar-refractivity contribution in [2.24, 2.45) is 0 Å². The standard InChI is InChI=1S/C14H24N2O2S/c1-6-7-8-9-16(5)13-15-11(14(2,3)4)10(19-13)12(17)18/h6-9H2,1-5H3,(H,17,18). The Balaban J connectivity index is 2.95. The Kier molecular flexibility index (Phi) is 5.35. The van der Waals surface area contributed by atoms with Crippen molar-refractivity contribution in [3.63, 3.8) is 0 Å². The molecule has 0 saturated heterocycles. The molecule has 0 fully saturated rings. The summed E-state index contributed by atoms with van der Waals surface area (Å²) in [7, 11) is 1.98. The van der Waals surface area contributed by atoms with Gasteiger partial charge in [-0.2, -0.15) is 0 Å². The van der Waals surface area contributed by atoms with Crippen molar-refractivity contribution in [1.29, 1.82) is 0 Å². The van der Waals surface area contributed by atoms with E-state index in [1.807, 2.05) is 27.8 Å². The summed E-state index contributed by atoms with van der Waals surface area (Å²) >= 11 is 1.28. The van der Waals surface area contributed by atoms with Gasteiger partial charge in [0.05, 0.1) is 5.69 Å². The first-order chi connectivity index (χ1) is 8.77. The van der Waals surface area contributed by atoms with Crippen LogP contribution in [0.2, 0.25) is 0 Å². The summed E-state index contributed by atoms with van der Waals surface area (Å²) in [5, 5.41) is 10.1. The van der Waals surface area contributed by atoms with Gasteiger partial charge in [0, 0.05) is 19.0 Å². The van der Waals surface area contributed by atoms with Gasteiger partial charge in [-0.1, -0.05) is 51.9 Å². The quantitative estimate of drug-likeness (QED) is 0.808. The van der Waals surface area contributed by atoms with Crippen LogP contribution in [0.1, 0.15) is 62.3 Å². The van der Waals surface area contributed by atoms with Crippen molar-refractivity contribution >= 4 is 22.4 Å². The van der Waals surface area contributed by atoms with Crippen LogP contribution in [0, 0.1) is 0 Å². The van der Waals surface area contributed by atoms with E-state index in [9.17, 15) is 9.90 Å². The molecular formula is C14H24N2O2S. The second kappa shape index (κ2) is 6.37. The smallest absolute Gasteiger partial charge is 0.347 e. The summed E-state index contributed by atoms with van der Waals surface area (Å²) in [6.45, 7) is 9.08. The number of carbonyl (C=O) groups is 1. The van der Waals surface area contributed by atoms with E-state index >= 15 is 0 Å². The highest BCUT2D eigenvalue weighted by Gasteiger charge is 2.27. The Morgan fingerprint density at radius 3 is 2.42 bits per heavy atom. The minimum absolute atomic E-state index is 0.243. The van der Waals surface area contributed by atoms with Crippen LogP contribution in [0.25, 0.3) is 0 Å². The number of thiazole rings is 1. The van der Waals surface area contributed by atoms with Crippen LogP contribution in [0.3, 0.4) is 0 Å². The Morgan fingerprint density at radius 2 is 2.00 bits per heavy atom. The van der Waals surface area contributed by atoms with E-state index in [4.69, 9.17) is 0 Å². The number of hydrogen-bond acceptors (Lipinski definition) is 4. The van der Waals surface area contributed by atoms with Gasteiger partial charge in [0.2, 0.25) is 0 Å². The molecule has 1 N–H and O–H groups in total. The van der Waals surface area contributed by atoms with Gasteiger partial charge in [0.1, 0.15) is 4.88 Å². The summed E-state index contributed by atoms with van der Waals surface area (Å²) in [4.78, 5) is 18.3. The van der Waals surface area contributed by atoms with E-state index in [0.717, 1.165) is 18.1 Å². The van der Waals surface area contributed by atoms with Gasteiger partial charge in [-0.15, -0.1) is 0 Å². The molecule has 0 unspecified atom stereocenters. The van der Waals surface area contributed by atoms with Crippen molar-refractivity contribution in [3.05, 3.63) is 10.6 Å². The minimum Gasteiger partial charge on any atom is -0.477 e. The third-order valence-corrected chi connectivity index (χ3v) is 4.10. The second-order valence-electron chi connectivity index (χ2n) is 5.86. The second-order valence-corrected chi connectivity index (χ2v) is 6.84. The average Bonchev–Trinajstić information content (AvgIpc) is 2.73. The molecule has 5 heteroatoms. The van der Waals surface area contributed by atoms with Crippen LogP contribution in [-0.4, -0.2) is 29.7 Å². The molecular weight excluding hydrogens is 260 g/mol. The molecule has 1 rings (SSSR count). The number of carboxylic acid groups (broad SMARTS) is 1. The van der Waals surface area contributed by atoms with Gasteiger partial charge in [-0.05, 0) is 6.42 Å². The van der Waals surface area contributed by atoms with Gasteiger partial charge in [0.15, 0.2) is 5.13 Å². The molecule has 0 amide bonds. The lowest BCUT2D eigenvalue weighted by molar-refractivity contribution is 0.0699. The molecule has 4 nitrogen and oxygen atoms in total. The maximum absolute atomic E-state index is 11.3. The monoisotopic (exact) mass is 284 g/mol. The number of aromatic nitrogens is 1. The van der Waals surface area contributed by atoms with Gasteiger partial charge < -0.3 is 10.0 Å². The predicted molar refractivity (Wildman–Crippen MR) is 80.6 cm³/mol. The summed E-state index contributed by atoms with van der Waals surface area (Å²) in [6, 6.07) is 0. The molecule has 0 aliphatic rings. The lowest BCUT2D eigenvalue weighted by atomic mass is 9.91. The lowest BCUT2D eigenvalue weighted by Gasteiger charge is -2.17. The maximum Gasteiger partial charge on any atom is 0.347 e. The molecule has 0 aliphatic heterocycles. The van der Waals surface area contributed by atoms with Crippen molar-refractivity contribution < 1.29 is 9.90 Å². The molecule has 1 aromatic heterocycles. The normalized spacial score (nSPS) is 11.6. The van der Waals surface area contributed by atoms with Crippen LogP contribution in [-0.2, 0) is 5.41 Å². The zero-order chi connectivity index (χ0) is 14.6. The third-order valence-electron chi connectivity index (χ3n) is 2.94. The molecule has 0 aliphatic carbocycles. The van der Waals surface area contributed by atoms with E-state index < -0.39 is 5.97 Å². The predicted octanol–water partition coefficient (Wildman–Crippen LogP) is 3.77. The molecule has 0 atom stereocenters. The SMILES string of the molecule is CCCCCN(C)c1nc(C(C)(C)C)c(C(=O)O)s1. The maximum atomic E-state index is 11.3. The number of carboxylic acids is 1. The Bertz CT molecular complexity index is 435. The van der Waals surface area contributed by atoms with Crippen LogP contribution in [0.4, 0.5) is 5.13 Å². The number of anilines is 1. The average molecular weight is 284 g/mol. The van der Waals surface area contributed by atoms with E-state index in [1.165, 1.54) is 24.2 Å². The van der Waals surface area contributed by atoms with Crippen molar-refractivity contribution in [2.45, 2.75) is 52.4 Å². The van der Waals surface area contributed by atoms with E-state index in [1.54, 1.807) is 0 Å². The fourth-order valence-corrected chi connectivity index (χ4v) is 2.92. The van der Waals surface area contributed by atoms with Crippen LogP contribution in [0.5, 0.6) is 0 Å². The fraction of sp³-hybridized carbons (Fsp3) is 0.714. The van der Waals surface area contributed by atoms with Crippen molar-refractivity contribution in [3.8, 4) is 0 Å². The topological polar surface area (TPSA) is 53.4 Å². The summed E-state index contributed by atoms with van der Waals surface area (Å²) in [6.07, 6.45) is 3.48. The molecule has 0 saturated carbocycles. The molecule has 1 aromatic rings. The number of hydrogen-bond donors (Lipinski definition) is 1. The van der Waals surface area contributed by atoms with E-state index in [2.05, 4.69) is 16.8 Å². The van der Waals surface area contributed by atoms with E-state index in [0.29, 0.717) is 10.6 Å². The number of rotatable bonds is 6. The van der Waals surface area contributed by atoms with Gasteiger partial charge in [-0.3, -0.25) is 0 Å². The fourth-order valence-electron chi connectivity index (χ4n) is 1.82. The third kappa shape index (κ3) is 4.20. The Labute approximate surface area is 119 Å². The zero-order valence-corrected chi connectivity index (χ0v) is 13.3. The minimum atomic E-state index is -0.879. The molecule has 0 radical (unpaired) electrons. The van der Waals surface area contributed by atoms with Crippen LogP contribution < -0.4 is 4.90 Å². The summed E-state index contributed by atoms with van der Waals surface area (Å²) < 4.78 is 0. The number of aromatic carboxylic acids is 1. The number of nitrogens with zero attached hydrogens (tertiary/aromatic N) is 2. The highest BCUT2D eigenvalue weighted by atomic mass is 32.1. The van der Waals surface area contributed by atoms with Crippen molar-refractivity contribution in [1.82, 2.24) is 4.98 Å². The van der Waals surface area contributed by atoms with Gasteiger partial charge in [-0.25, -0.2) is 9.78 Å². The molecule has 0 aromatic carbocycles.